The van der Waals surface area contributed by atoms with Gasteiger partial charge in [0.1, 0.15) is 12.7 Å². The van der Waals surface area contributed by atoms with E-state index in [1.54, 1.807) is 0 Å². The van der Waals surface area contributed by atoms with Gasteiger partial charge < -0.3 is 19.5 Å². The van der Waals surface area contributed by atoms with Crippen molar-refractivity contribution in [2.75, 3.05) is 19.7 Å². The van der Waals surface area contributed by atoms with Gasteiger partial charge in [0.2, 0.25) is 0 Å². The Hall–Kier alpha value is -2.82. The normalized spacial score (nSPS) is 17.6. The smallest absolute Gasteiger partial charge is 0.162 e. The monoisotopic (exact) mass is 375 g/mol. The maximum Gasteiger partial charge on any atom is 0.162 e. The second-order valence-electron chi connectivity index (χ2n) is 6.78. The summed E-state index contributed by atoms with van der Waals surface area (Å²) >= 11 is 0. The summed E-state index contributed by atoms with van der Waals surface area (Å²) in [6.45, 7) is 2.81. The van der Waals surface area contributed by atoms with Crippen molar-refractivity contribution in [2.45, 2.75) is 18.8 Å². The molecule has 1 saturated heterocycles. The Kier molecular flexibility index (Phi) is 6.22. The Balaban J connectivity index is 1.54. The second-order valence-corrected chi connectivity index (χ2v) is 6.78. The molecule has 1 N–H and O–H groups in total. The molecule has 1 aliphatic rings. The fraction of sp³-hybridized carbons (Fsp3) is 0.250. The molecule has 0 spiro atoms. The van der Waals surface area contributed by atoms with Gasteiger partial charge in [-0.2, -0.15) is 0 Å². The number of ether oxygens (including phenoxy) is 3. The quantitative estimate of drug-likeness (QED) is 0.665. The van der Waals surface area contributed by atoms with Gasteiger partial charge in [-0.3, -0.25) is 0 Å². The van der Waals surface area contributed by atoms with E-state index in [0.717, 1.165) is 35.7 Å². The molecular weight excluding hydrogens is 350 g/mol. The molecule has 2 atom stereocenters. The molecule has 3 aromatic carbocycles. The van der Waals surface area contributed by atoms with E-state index in [9.17, 15) is 0 Å². The highest BCUT2D eigenvalue weighted by molar-refractivity contribution is 5.40. The van der Waals surface area contributed by atoms with Gasteiger partial charge in [-0.25, -0.2) is 0 Å². The van der Waals surface area contributed by atoms with E-state index in [0.29, 0.717) is 13.2 Å². The molecule has 0 radical (unpaired) electrons. The van der Waals surface area contributed by atoms with Crippen molar-refractivity contribution in [3.05, 3.63) is 96.1 Å². The molecule has 4 rings (SSSR count). The van der Waals surface area contributed by atoms with Crippen molar-refractivity contribution in [1.82, 2.24) is 5.32 Å². The standard InChI is InChI=1S/C24H25NO3/c1-3-9-19(10-4-1)18-27-21-13-7-8-14-22(21)28-24(20-11-5-2-6-12-20)23-17-25-15-16-26-23/h1-14,23-25H,15-18H2. The molecule has 1 fully saturated rings. The van der Waals surface area contributed by atoms with Gasteiger partial charge in [0.25, 0.3) is 0 Å². The predicted octanol–water partition coefficient (Wildman–Crippen LogP) is 4.37. The van der Waals surface area contributed by atoms with Crippen LogP contribution >= 0.6 is 0 Å². The highest BCUT2D eigenvalue weighted by Gasteiger charge is 2.28. The third kappa shape index (κ3) is 4.71. The fourth-order valence-electron chi connectivity index (χ4n) is 3.32. The first-order valence-corrected chi connectivity index (χ1v) is 9.70. The van der Waals surface area contributed by atoms with Crippen LogP contribution in [-0.4, -0.2) is 25.8 Å². The SMILES string of the molecule is c1ccc(COc2ccccc2OC(c2ccccc2)C2CNCCO2)cc1. The number of morpholine rings is 1. The Morgan fingerprint density at radius 3 is 2.25 bits per heavy atom. The van der Waals surface area contributed by atoms with Gasteiger partial charge in [0.15, 0.2) is 17.6 Å². The lowest BCUT2D eigenvalue weighted by molar-refractivity contribution is -0.0440. The van der Waals surface area contributed by atoms with Crippen LogP contribution in [0.1, 0.15) is 17.2 Å². The third-order valence-electron chi connectivity index (χ3n) is 4.76. The van der Waals surface area contributed by atoms with Gasteiger partial charge in [-0.15, -0.1) is 0 Å². The van der Waals surface area contributed by atoms with Crippen LogP contribution in [0.15, 0.2) is 84.9 Å². The first-order chi connectivity index (χ1) is 13.9. The molecule has 0 aliphatic carbocycles. The van der Waals surface area contributed by atoms with Gasteiger partial charge in [-0.05, 0) is 23.3 Å². The summed E-state index contributed by atoms with van der Waals surface area (Å²) in [5.74, 6) is 1.46. The predicted molar refractivity (Wildman–Crippen MR) is 110 cm³/mol. The Morgan fingerprint density at radius 2 is 1.54 bits per heavy atom. The lowest BCUT2D eigenvalue weighted by Crippen LogP contribution is -2.43. The maximum absolute atomic E-state index is 6.47. The summed E-state index contributed by atoms with van der Waals surface area (Å²) in [5.41, 5.74) is 2.21. The van der Waals surface area contributed by atoms with Crippen LogP contribution in [0, 0.1) is 0 Å². The van der Waals surface area contributed by atoms with Crippen LogP contribution in [0.25, 0.3) is 0 Å². The highest BCUT2D eigenvalue weighted by Crippen LogP contribution is 2.34. The Morgan fingerprint density at radius 1 is 0.857 bits per heavy atom. The largest absolute Gasteiger partial charge is 0.485 e. The molecule has 3 aromatic rings. The minimum atomic E-state index is -0.213. The van der Waals surface area contributed by atoms with Crippen molar-refractivity contribution in [2.24, 2.45) is 0 Å². The van der Waals surface area contributed by atoms with Crippen molar-refractivity contribution in [3.63, 3.8) is 0 Å². The molecule has 1 heterocycles. The number of rotatable bonds is 7. The maximum atomic E-state index is 6.47. The van der Waals surface area contributed by atoms with Crippen molar-refractivity contribution >= 4 is 0 Å². The third-order valence-corrected chi connectivity index (χ3v) is 4.76. The lowest BCUT2D eigenvalue weighted by Gasteiger charge is -2.32. The summed E-state index contributed by atoms with van der Waals surface area (Å²) in [5, 5.41) is 3.40. The second kappa shape index (κ2) is 9.40. The van der Waals surface area contributed by atoms with Gasteiger partial charge in [0, 0.05) is 13.1 Å². The molecule has 144 valence electrons. The number of hydrogen-bond acceptors (Lipinski definition) is 4. The average molecular weight is 375 g/mol. The van der Waals surface area contributed by atoms with E-state index in [2.05, 4.69) is 29.6 Å². The van der Waals surface area contributed by atoms with E-state index in [1.807, 2.05) is 60.7 Å². The van der Waals surface area contributed by atoms with Gasteiger partial charge in [0.05, 0.1) is 6.61 Å². The average Bonchev–Trinajstić information content (AvgIpc) is 2.78. The molecule has 0 aromatic heterocycles. The van der Waals surface area contributed by atoms with Crippen molar-refractivity contribution in [3.8, 4) is 11.5 Å². The van der Waals surface area contributed by atoms with E-state index >= 15 is 0 Å². The molecular formula is C24H25NO3. The van der Waals surface area contributed by atoms with Crippen LogP contribution < -0.4 is 14.8 Å². The van der Waals surface area contributed by atoms with E-state index in [-0.39, 0.29) is 12.2 Å². The van der Waals surface area contributed by atoms with Gasteiger partial charge in [-0.1, -0.05) is 72.8 Å². The van der Waals surface area contributed by atoms with Crippen LogP contribution in [0.5, 0.6) is 11.5 Å². The van der Waals surface area contributed by atoms with Crippen LogP contribution in [0.2, 0.25) is 0 Å². The van der Waals surface area contributed by atoms with E-state index in [4.69, 9.17) is 14.2 Å². The van der Waals surface area contributed by atoms with Crippen molar-refractivity contribution < 1.29 is 14.2 Å². The van der Waals surface area contributed by atoms with Crippen LogP contribution in [0.4, 0.5) is 0 Å². The topological polar surface area (TPSA) is 39.7 Å². The summed E-state index contributed by atoms with van der Waals surface area (Å²) in [6.07, 6.45) is -0.270. The molecule has 4 heteroatoms. The summed E-state index contributed by atoms with van der Waals surface area (Å²) in [7, 11) is 0. The number of hydrogen-bond donors (Lipinski definition) is 1. The Labute approximate surface area is 166 Å². The van der Waals surface area contributed by atoms with Crippen LogP contribution in [0.3, 0.4) is 0 Å². The highest BCUT2D eigenvalue weighted by atomic mass is 16.6. The van der Waals surface area contributed by atoms with E-state index < -0.39 is 0 Å². The molecule has 0 bridgehead atoms. The molecule has 2 unspecified atom stereocenters. The van der Waals surface area contributed by atoms with Crippen LogP contribution in [-0.2, 0) is 11.3 Å². The van der Waals surface area contributed by atoms with Gasteiger partial charge >= 0.3 is 0 Å². The molecule has 4 nitrogen and oxygen atoms in total. The fourth-order valence-corrected chi connectivity index (χ4v) is 3.32. The van der Waals surface area contributed by atoms with Crippen molar-refractivity contribution in [1.29, 1.82) is 0 Å². The Bertz CT molecular complexity index is 848. The first kappa shape index (κ1) is 18.5. The van der Waals surface area contributed by atoms with E-state index in [1.165, 1.54) is 0 Å². The molecule has 0 saturated carbocycles. The molecule has 1 aliphatic heterocycles. The summed E-state index contributed by atoms with van der Waals surface area (Å²) < 4.78 is 18.5. The summed E-state index contributed by atoms with van der Waals surface area (Å²) in [4.78, 5) is 0. The zero-order valence-electron chi connectivity index (χ0n) is 15.8. The minimum Gasteiger partial charge on any atom is -0.485 e. The molecule has 0 amide bonds. The zero-order chi connectivity index (χ0) is 19.0. The minimum absolute atomic E-state index is 0.0571. The number of benzene rings is 3. The summed E-state index contributed by atoms with van der Waals surface area (Å²) in [6, 6.07) is 28.2. The first-order valence-electron chi connectivity index (χ1n) is 9.70. The zero-order valence-corrected chi connectivity index (χ0v) is 15.8. The number of nitrogens with one attached hydrogen (secondary N) is 1. The number of para-hydroxylation sites is 2. The lowest BCUT2D eigenvalue weighted by atomic mass is 10.0. The molecule has 28 heavy (non-hydrogen) atoms.